The van der Waals surface area contributed by atoms with E-state index in [2.05, 4.69) is 4.37 Å². The number of benzene rings is 1. The van der Waals surface area contributed by atoms with E-state index in [0.29, 0.717) is 5.69 Å². The van der Waals surface area contributed by atoms with Crippen molar-refractivity contribution in [1.29, 1.82) is 0 Å². The zero-order chi connectivity index (χ0) is 14.0. The molecule has 100 valence electrons. The van der Waals surface area contributed by atoms with E-state index in [1.54, 1.807) is 25.1 Å². The van der Waals surface area contributed by atoms with Gasteiger partial charge in [0.1, 0.15) is 4.88 Å². The molecular weight excluding hydrogens is 284 g/mol. The van der Waals surface area contributed by atoms with Crippen molar-refractivity contribution in [3.63, 3.8) is 0 Å². The van der Waals surface area contributed by atoms with E-state index in [0.717, 1.165) is 17.1 Å². The Morgan fingerprint density at radius 2 is 1.84 bits per heavy atom. The Bertz CT molecular complexity index is 703. The first kappa shape index (κ1) is 13.7. The fourth-order valence-corrected chi connectivity index (χ4v) is 3.10. The molecule has 0 atom stereocenters. The van der Waals surface area contributed by atoms with Gasteiger partial charge in [0.2, 0.25) is 0 Å². The molecule has 1 N–H and O–H groups in total. The number of nitrogens with one attached hydrogen (secondary N) is 1. The summed E-state index contributed by atoms with van der Waals surface area (Å²) in [6.45, 7) is 3.59. The zero-order valence-electron chi connectivity index (χ0n) is 10.4. The number of carbonyl (C=O) groups is 1. The highest BCUT2D eigenvalue weighted by Crippen LogP contribution is 2.13. The van der Waals surface area contributed by atoms with Gasteiger partial charge in [0.05, 0.1) is 10.6 Å². The Morgan fingerprint density at radius 1 is 1.21 bits per heavy atom. The van der Waals surface area contributed by atoms with Crippen molar-refractivity contribution in [1.82, 2.24) is 9.10 Å². The Hall–Kier alpha value is -1.73. The molecule has 19 heavy (non-hydrogen) atoms. The fourth-order valence-electron chi connectivity index (χ4n) is 1.42. The SMILES string of the molecule is Cc1ccc(S(=O)(=O)NC(=O)c2cc(C)ns2)cc1. The number of nitrogens with zero attached hydrogens (tertiary/aromatic N) is 1. The summed E-state index contributed by atoms with van der Waals surface area (Å²) in [6.07, 6.45) is 0. The summed E-state index contributed by atoms with van der Waals surface area (Å²) in [5.74, 6) is -0.661. The highest BCUT2D eigenvalue weighted by atomic mass is 32.2. The molecule has 0 aliphatic heterocycles. The topological polar surface area (TPSA) is 76.1 Å². The molecule has 0 saturated carbocycles. The quantitative estimate of drug-likeness (QED) is 0.938. The maximum atomic E-state index is 12.0. The summed E-state index contributed by atoms with van der Waals surface area (Å²) in [4.78, 5) is 12.1. The van der Waals surface area contributed by atoms with Gasteiger partial charge in [0.15, 0.2) is 0 Å². The molecule has 0 aliphatic rings. The monoisotopic (exact) mass is 296 g/mol. The van der Waals surface area contributed by atoms with Crippen molar-refractivity contribution in [2.45, 2.75) is 18.7 Å². The third-order valence-electron chi connectivity index (χ3n) is 2.41. The number of aromatic nitrogens is 1. The summed E-state index contributed by atoms with van der Waals surface area (Å²) in [7, 11) is -3.84. The predicted octanol–water partition coefficient (Wildman–Crippen LogP) is 1.88. The third kappa shape index (κ3) is 3.18. The molecule has 7 heteroatoms. The van der Waals surface area contributed by atoms with Gasteiger partial charge in [-0.2, -0.15) is 4.37 Å². The Balaban J connectivity index is 2.22. The molecule has 0 saturated heterocycles. The lowest BCUT2D eigenvalue weighted by Gasteiger charge is -2.05. The van der Waals surface area contributed by atoms with Crippen molar-refractivity contribution in [2.24, 2.45) is 0 Å². The van der Waals surface area contributed by atoms with Crippen LogP contribution in [0.3, 0.4) is 0 Å². The van der Waals surface area contributed by atoms with Gasteiger partial charge in [-0.1, -0.05) is 17.7 Å². The second-order valence-corrected chi connectivity index (χ2v) is 6.57. The maximum absolute atomic E-state index is 12.0. The van der Waals surface area contributed by atoms with Crippen LogP contribution in [0.15, 0.2) is 35.2 Å². The van der Waals surface area contributed by atoms with E-state index in [-0.39, 0.29) is 9.77 Å². The van der Waals surface area contributed by atoms with Gasteiger partial charge in [0.25, 0.3) is 15.9 Å². The van der Waals surface area contributed by atoms with Crippen LogP contribution in [0.1, 0.15) is 20.9 Å². The van der Waals surface area contributed by atoms with Crippen LogP contribution < -0.4 is 4.72 Å². The number of hydrogen-bond donors (Lipinski definition) is 1. The summed E-state index contributed by atoms with van der Waals surface area (Å²) in [6, 6.07) is 7.82. The number of rotatable bonds is 3. The average Bonchev–Trinajstić information content (AvgIpc) is 2.76. The molecule has 2 rings (SSSR count). The number of aryl methyl sites for hydroxylation is 2. The van der Waals surface area contributed by atoms with Crippen LogP contribution in [0.25, 0.3) is 0 Å². The smallest absolute Gasteiger partial charge is 0.267 e. The van der Waals surface area contributed by atoms with Gasteiger partial charge in [0, 0.05) is 0 Å². The molecule has 5 nitrogen and oxygen atoms in total. The van der Waals surface area contributed by atoms with Crippen LogP contribution in [-0.4, -0.2) is 18.7 Å². The molecule has 1 aromatic heterocycles. The van der Waals surface area contributed by atoms with Crippen molar-refractivity contribution >= 4 is 27.5 Å². The zero-order valence-corrected chi connectivity index (χ0v) is 12.0. The van der Waals surface area contributed by atoms with E-state index in [4.69, 9.17) is 0 Å². The van der Waals surface area contributed by atoms with E-state index in [1.165, 1.54) is 12.1 Å². The molecule has 1 heterocycles. The lowest BCUT2D eigenvalue weighted by Crippen LogP contribution is -2.29. The van der Waals surface area contributed by atoms with Crippen LogP contribution in [-0.2, 0) is 10.0 Å². The Labute approximate surface area is 115 Å². The van der Waals surface area contributed by atoms with Gasteiger partial charge in [-0.25, -0.2) is 13.1 Å². The highest BCUT2D eigenvalue weighted by molar-refractivity contribution is 7.90. The molecule has 0 unspecified atom stereocenters. The van der Waals surface area contributed by atoms with Crippen molar-refractivity contribution in [3.8, 4) is 0 Å². The number of sulfonamides is 1. The largest absolute Gasteiger partial charge is 0.276 e. The summed E-state index contributed by atoms with van der Waals surface area (Å²) in [5.41, 5.74) is 1.63. The number of amides is 1. The van der Waals surface area contributed by atoms with Crippen LogP contribution >= 0.6 is 11.5 Å². The van der Waals surface area contributed by atoms with Gasteiger partial charge >= 0.3 is 0 Å². The second-order valence-electron chi connectivity index (χ2n) is 4.08. The molecule has 1 amide bonds. The van der Waals surface area contributed by atoms with Crippen molar-refractivity contribution in [3.05, 3.63) is 46.5 Å². The molecule has 2 aromatic rings. The molecule has 0 aliphatic carbocycles. The molecule has 0 bridgehead atoms. The van der Waals surface area contributed by atoms with Crippen LogP contribution in [0.2, 0.25) is 0 Å². The van der Waals surface area contributed by atoms with Gasteiger partial charge < -0.3 is 0 Å². The van der Waals surface area contributed by atoms with Gasteiger partial charge in [-0.05, 0) is 43.6 Å². The van der Waals surface area contributed by atoms with E-state index in [9.17, 15) is 13.2 Å². The van der Waals surface area contributed by atoms with Crippen LogP contribution in [0, 0.1) is 13.8 Å². The third-order valence-corrected chi connectivity index (χ3v) is 4.64. The lowest BCUT2D eigenvalue weighted by molar-refractivity contribution is 0.0985. The highest BCUT2D eigenvalue weighted by Gasteiger charge is 2.19. The predicted molar refractivity (Wildman–Crippen MR) is 72.7 cm³/mol. The summed E-state index contributed by atoms with van der Waals surface area (Å²) in [5, 5.41) is 0. The standard InChI is InChI=1S/C12H12N2O3S2/c1-8-3-5-10(6-4-8)19(16,17)14-12(15)11-7-9(2)13-18-11/h3-7H,1-2H3,(H,14,15). The average molecular weight is 296 g/mol. The first-order valence-corrected chi connectivity index (χ1v) is 7.71. The molecule has 0 spiro atoms. The van der Waals surface area contributed by atoms with Gasteiger partial charge in [-0.3, -0.25) is 4.79 Å². The fraction of sp³-hybridized carbons (Fsp3) is 0.167. The lowest BCUT2D eigenvalue weighted by atomic mass is 10.2. The van der Waals surface area contributed by atoms with Gasteiger partial charge in [-0.15, -0.1) is 0 Å². The Kier molecular flexibility index (Phi) is 3.68. The minimum atomic E-state index is -3.84. The normalized spacial score (nSPS) is 11.3. The first-order chi connectivity index (χ1) is 8.88. The summed E-state index contributed by atoms with van der Waals surface area (Å²) < 4.78 is 29.9. The van der Waals surface area contributed by atoms with Crippen LogP contribution in [0.4, 0.5) is 0 Å². The number of carbonyl (C=O) groups excluding carboxylic acids is 1. The Morgan fingerprint density at radius 3 is 2.37 bits per heavy atom. The van der Waals surface area contributed by atoms with Crippen molar-refractivity contribution < 1.29 is 13.2 Å². The summed E-state index contributed by atoms with van der Waals surface area (Å²) >= 11 is 0.969. The minimum Gasteiger partial charge on any atom is -0.267 e. The minimum absolute atomic E-state index is 0.0627. The van der Waals surface area contributed by atoms with Crippen molar-refractivity contribution in [2.75, 3.05) is 0 Å². The maximum Gasteiger partial charge on any atom is 0.276 e. The van der Waals surface area contributed by atoms with E-state index in [1.807, 2.05) is 11.6 Å². The van der Waals surface area contributed by atoms with Crippen LogP contribution in [0.5, 0.6) is 0 Å². The second kappa shape index (κ2) is 5.10. The molecule has 0 fully saturated rings. The van der Waals surface area contributed by atoms with E-state index < -0.39 is 15.9 Å². The molecule has 1 aromatic carbocycles. The van der Waals surface area contributed by atoms with E-state index >= 15 is 0 Å². The number of hydrogen-bond acceptors (Lipinski definition) is 5. The first-order valence-electron chi connectivity index (χ1n) is 5.45. The molecular formula is C12H12N2O3S2. The molecule has 0 radical (unpaired) electrons.